The van der Waals surface area contributed by atoms with Crippen LogP contribution in [0.25, 0.3) is 0 Å². The Kier molecular flexibility index (Phi) is 4.56. The van der Waals surface area contributed by atoms with Crippen LogP contribution in [0, 0.1) is 11.3 Å². The van der Waals surface area contributed by atoms with Crippen LogP contribution in [0.4, 0.5) is 16.2 Å². The molecule has 1 aliphatic carbocycles. The molecular formula is C21H24N4O2. The van der Waals surface area contributed by atoms with Crippen molar-refractivity contribution in [3.05, 3.63) is 54.4 Å². The molecule has 2 N–H and O–H groups in total. The van der Waals surface area contributed by atoms with E-state index in [2.05, 4.69) is 22.5 Å². The summed E-state index contributed by atoms with van der Waals surface area (Å²) in [5.74, 6) is -0.000226. The molecule has 4 rings (SSSR count). The second-order valence-electron chi connectivity index (χ2n) is 7.50. The molecular weight excluding hydrogens is 340 g/mol. The van der Waals surface area contributed by atoms with Gasteiger partial charge >= 0.3 is 6.03 Å². The van der Waals surface area contributed by atoms with E-state index in [0.717, 1.165) is 24.9 Å². The van der Waals surface area contributed by atoms with Gasteiger partial charge in [-0.05, 0) is 49.1 Å². The summed E-state index contributed by atoms with van der Waals surface area (Å²) in [6, 6.07) is 11.5. The maximum atomic E-state index is 12.6. The molecule has 1 saturated heterocycles. The summed E-state index contributed by atoms with van der Waals surface area (Å²) in [5, 5.41) is 5.89. The van der Waals surface area contributed by atoms with Crippen LogP contribution in [-0.4, -0.2) is 34.9 Å². The predicted octanol–water partition coefficient (Wildman–Crippen LogP) is 3.53. The zero-order valence-corrected chi connectivity index (χ0v) is 15.4. The number of hydrogen-bond acceptors (Lipinski definition) is 3. The number of pyridine rings is 1. The summed E-state index contributed by atoms with van der Waals surface area (Å²) in [6.45, 7) is 3.43. The first kappa shape index (κ1) is 17.5. The van der Waals surface area contributed by atoms with Crippen molar-refractivity contribution in [3.8, 4) is 0 Å². The Morgan fingerprint density at radius 1 is 1.19 bits per heavy atom. The highest BCUT2D eigenvalue weighted by Crippen LogP contribution is 2.58. The van der Waals surface area contributed by atoms with Crippen LogP contribution in [0.1, 0.15) is 25.3 Å². The number of aromatic nitrogens is 1. The zero-order valence-electron chi connectivity index (χ0n) is 15.4. The maximum Gasteiger partial charge on any atom is 0.321 e. The zero-order chi connectivity index (χ0) is 18.9. The molecule has 1 aromatic heterocycles. The minimum Gasteiger partial charge on any atom is -0.324 e. The first-order valence-corrected chi connectivity index (χ1v) is 9.45. The summed E-state index contributed by atoms with van der Waals surface area (Å²) < 4.78 is 0. The molecule has 2 atom stereocenters. The first-order chi connectivity index (χ1) is 13.1. The smallest absolute Gasteiger partial charge is 0.321 e. The molecule has 1 aromatic carbocycles. The van der Waals surface area contributed by atoms with E-state index in [1.807, 2.05) is 35.2 Å². The highest BCUT2D eigenvalue weighted by Gasteiger charge is 2.61. The van der Waals surface area contributed by atoms with Crippen molar-refractivity contribution in [2.24, 2.45) is 11.3 Å². The first-order valence-electron chi connectivity index (χ1n) is 9.45. The fourth-order valence-electron chi connectivity index (χ4n) is 3.93. The highest BCUT2D eigenvalue weighted by atomic mass is 16.2. The average Bonchev–Trinajstić information content (AvgIpc) is 3.23. The van der Waals surface area contributed by atoms with Crippen LogP contribution < -0.4 is 10.6 Å². The molecule has 2 heterocycles. The van der Waals surface area contributed by atoms with Gasteiger partial charge in [0.1, 0.15) is 0 Å². The number of carbonyl (C=O) groups excluding carboxylic acids is 2. The standard InChI is InChI=1S/C21H24N4O2/c1-2-15-5-7-16(8-6-15)24-20(27)25-11-9-21(14-25)12-18(21)19(26)23-17-4-3-10-22-13-17/h3-8,10,13,18H,2,9,11-12,14H2,1H3,(H,23,26)(H,24,27)/t18-,21-/m1/s1. The maximum absolute atomic E-state index is 12.6. The second kappa shape index (κ2) is 7.02. The average molecular weight is 364 g/mol. The van der Waals surface area contributed by atoms with Crippen molar-refractivity contribution in [1.82, 2.24) is 9.88 Å². The van der Waals surface area contributed by atoms with Gasteiger partial charge in [0.25, 0.3) is 0 Å². The summed E-state index contributed by atoms with van der Waals surface area (Å²) in [4.78, 5) is 30.9. The third kappa shape index (κ3) is 3.65. The number of urea groups is 1. The molecule has 3 amide bonds. The lowest BCUT2D eigenvalue weighted by molar-refractivity contribution is -0.118. The number of benzene rings is 1. The summed E-state index contributed by atoms with van der Waals surface area (Å²) in [5.41, 5.74) is 2.71. The van der Waals surface area contributed by atoms with Gasteiger partial charge in [-0.15, -0.1) is 0 Å². The Labute approximate surface area is 159 Å². The number of rotatable bonds is 4. The minimum absolute atomic E-state index is 0.0282. The highest BCUT2D eigenvalue weighted by molar-refractivity contribution is 5.95. The molecule has 1 saturated carbocycles. The molecule has 1 aliphatic heterocycles. The van der Waals surface area contributed by atoms with Crippen LogP contribution in [0.15, 0.2) is 48.8 Å². The van der Waals surface area contributed by atoms with Crippen molar-refractivity contribution in [2.75, 3.05) is 23.7 Å². The topological polar surface area (TPSA) is 74.3 Å². The van der Waals surface area contributed by atoms with Gasteiger partial charge in [0.2, 0.25) is 5.91 Å². The molecule has 2 aliphatic rings. The third-order valence-corrected chi connectivity index (χ3v) is 5.72. The van der Waals surface area contributed by atoms with E-state index >= 15 is 0 Å². The van der Waals surface area contributed by atoms with Crippen molar-refractivity contribution in [3.63, 3.8) is 0 Å². The minimum atomic E-state index is -0.0885. The summed E-state index contributed by atoms with van der Waals surface area (Å²) in [7, 11) is 0. The molecule has 0 bridgehead atoms. The fourth-order valence-corrected chi connectivity index (χ4v) is 3.93. The summed E-state index contributed by atoms with van der Waals surface area (Å²) >= 11 is 0. The van der Waals surface area contributed by atoms with Crippen molar-refractivity contribution in [2.45, 2.75) is 26.2 Å². The van der Waals surface area contributed by atoms with Gasteiger partial charge in [-0.25, -0.2) is 4.79 Å². The van der Waals surface area contributed by atoms with E-state index in [0.29, 0.717) is 18.8 Å². The Hall–Kier alpha value is -2.89. The number of amides is 3. The van der Waals surface area contributed by atoms with E-state index in [9.17, 15) is 9.59 Å². The molecule has 2 fully saturated rings. The quantitative estimate of drug-likeness (QED) is 0.872. The van der Waals surface area contributed by atoms with Gasteiger partial charge in [0, 0.05) is 36.3 Å². The van der Waals surface area contributed by atoms with E-state index in [1.165, 1.54) is 5.56 Å². The molecule has 140 valence electrons. The number of carbonyl (C=O) groups is 2. The number of likely N-dealkylation sites (tertiary alicyclic amines) is 1. The van der Waals surface area contributed by atoms with Crippen LogP contribution in [0.5, 0.6) is 0 Å². The molecule has 2 aromatic rings. The number of aryl methyl sites for hydroxylation is 1. The van der Waals surface area contributed by atoms with Gasteiger partial charge in [0.05, 0.1) is 11.9 Å². The van der Waals surface area contributed by atoms with Crippen LogP contribution in [-0.2, 0) is 11.2 Å². The van der Waals surface area contributed by atoms with E-state index in [4.69, 9.17) is 0 Å². The number of nitrogens with zero attached hydrogens (tertiary/aromatic N) is 2. The lowest BCUT2D eigenvalue weighted by atomic mass is 10.0. The largest absolute Gasteiger partial charge is 0.324 e. The Morgan fingerprint density at radius 2 is 2.00 bits per heavy atom. The Balaban J connectivity index is 1.32. The van der Waals surface area contributed by atoms with E-state index in [-0.39, 0.29) is 23.3 Å². The van der Waals surface area contributed by atoms with Gasteiger partial charge < -0.3 is 15.5 Å². The number of hydrogen-bond donors (Lipinski definition) is 2. The molecule has 0 radical (unpaired) electrons. The van der Waals surface area contributed by atoms with Gasteiger partial charge in [0.15, 0.2) is 0 Å². The predicted molar refractivity (Wildman–Crippen MR) is 104 cm³/mol. The second-order valence-corrected chi connectivity index (χ2v) is 7.50. The van der Waals surface area contributed by atoms with Crippen LogP contribution >= 0.6 is 0 Å². The van der Waals surface area contributed by atoms with Crippen molar-refractivity contribution in [1.29, 1.82) is 0 Å². The van der Waals surface area contributed by atoms with E-state index < -0.39 is 0 Å². The van der Waals surface area contributed by atoms with Gasteiger partial charge in [-0.1, -0.05) is 19.1 Å². The van der Waals surface area contributed by atoms with Crippen LogP contribution in [0.2, 0.25) is 0 Å². The lowest BCUT2D eigenvalue weighted by Gasteiger charge is -2.18. The Bertz CT molecular complexity index is 837. The fraction of sp³-hybridized carbons (Fsp3) is 0.381. The van der Waals surface area contributed by atoms with Crippen molar-refractivity contribution >= 4 is 23.3 Å². The third-order valence-electron chi connectivity index (χ3n) is 5.72. The van der Waals surface area contributed by atoms with Gasteiger partial charge in [-0.2, -0.15) is 0 Å². The van der Waals surface area contributed by atoms with Crippen LogP contribution in [0.3, 0.4) is 0 Å². The number of anilines is 2. The molecule has 0 unspecified atom stereocenters. The van der Waals surface area contributed by atoms with E-state index in [1.54, 1.807) is 18.5 Å². The lowest BCUT2D eigenvalue weighted by Crippen LogP contribution is -2.33. The molecule has 6 heteroatoms. The summed E-state index contributed by atoms with van der Waals surface area (Å²) in [6.07, 6.45) is 6.02. The molecule has 6 nitrogen and oxygen atoms in total. The van der Waals surface area contributed by atoms with Crippen molar-refractivity contribution < 1.29 is 9.59 Å². The monoisotopic (exact) mass is 364 g/mol. The Morgan fingerprint density at radius 3 is 2.70 bits per heavy atom. The molecule has 1 spiro atoms. The number of nitrogens with one attached hydrogen (secondary N) is 2. The normalized spacial score (nSPS) is 23.3. The van der Waals surface area contributed by atoms with Gasteiger partial charge in [-0.3, -0.25) is 9.78 Å². The molecule has 27 heavy (non-hydrogen) atoms. The SMILES string of the molecule is CCc1ccc(NC(=O)N2CC[C@@]3(C[C@@H]3C(=O)Nc3cccnc3)C2)cc1.